The van der Waals surface area contributed by atoms with Gasteiger partial charge in [-0.3, -0.25) is 4.98 Å². The topological polar surface area (TPSA) is 42.2 Å². The van der Waals surface area contributed by atoms with Crippen molar-refractivity contribution in [3.8, 4) is 0 Å². The molecule has 2 heterocycles. The molecule has 1 aromatic carbocycles. The van der Waals surface area contributed by atoms with Gasteiger partial charge in [-0.1, -0.05) is 25.1 Å². The Kier molecular flexibility index (Phi) is 3.43. The van der Waals surface area contributed by atoms with Crippen molar-refractivity contribution in [3.63, 3.8) is 0 Å². The maximum Gasteiger partial charge on any atom is 0.128 e. The van der Waals surface area contributed by atoms with Crippen LogP contribution in [-0.2, 0) is 0 Å². The Balaban J connectivity index is 2.14. The molecule has 0 fully saturated rings. The van der Waals surface area contributed by atoms with Gasteiger partial charge in [0.25, 0.3) is 0 Å². The van der Waals surface area contributed by atoms with E-state index in [1.165, 1.54) is 6.07 Å². The van der Waals surface area contributed by atoms with E-state index in [1.807, 2.05) is 13.0 Å². The Hall–Kier alpha value is -2.27. The minimum absolute atomic E-state index is 0.221. The van der Waals surface area contributed by atoms with Crippen molar-refractivity contribution in [2.75, 3.05) is 6.54 Å². The van der Waals surface area contributed by atoms with Crippen LogP contribution >= 0.6 is 0 Å². The molecule has 3 rings (SSSR count). The molecule has 4 nitrogen and oxygen atoms in total. The largest absolute Gasteiger partial charge is 0.306 e. The van der Waals surface area contributed by atoms with Gasteiger partial charge in [0.05, 0.1) is 24.0 Å². The lowest BCUT2D eigenvalue weighted by Crippen LogP contribution is -2.22. The number of rotatable bonds is 4. The summed E-state index contributed by atoms with van der Waals surface area (Å²) in [4.78, 5) is 4.12. The SMILES string of the molecule is CCNC(c1ccccc1F)c1cnn2ccncc12. The van der Waals surface area contributed by atoms with Gasteiger partial charge in [-0.25, -0.2) is 8.91 Å². The number of hydrogen-bond acceptors (Lipinski definition) is 3. The lowest BCUT2D eigenvalue weighted by Gasteiger charge is -2.18. The minimum atomic E-state index is -0.233. The first-order valence-corrected chi connectivity index (χ1v) is 6.56. The monoisotopic (exact) mass is 270 g/mol. The summed E-state index contributed by atoms with van der Waals surface area (Å²) in [7, 11) is 0. The number of fused-ring (bicyclic) bond motifs is 1. The van der Waals surface area contributed by atoms with Crippen LogP contribution in [0.5, 0.6) is 0 Å². The molecular weight excluding hydrogens is 255 g/mol. The summed E-state index contributed by atoms with van der Waals surface area (Å²) in [5, 5.41) is 7.60. The summed E-state index contributed by atoms with van der Waals surface area (Å²) in [5.74, 6) is -0.221. The normalized spacial score (nSPS) is 12.7. The van der Waals surface area contributed by atoms with Crippen molar-refractivity contribution in [2.45, 2.75) is 13.0 Å². The van der Waals surface area contributed by atoms with E-state index in [4.69, 9.17) is 0 Å². The maximum atomic E-state index is 14.1. The van der Waals surface area contributed by atoms with Crippen LogP contribution < -0.4 is 5.32 Å². The minimum Gasteiger partial charge on any atom is -0.306 e. The molecule has 3 aromatic rings. The molecule has 0 spiro atoms. The van der Waals surface area contributed by atoms with E-state index in [-0.39, 0.29) is 11.9 Å². The summed E-state index contributed by atoms with van der Waals surface area (Å²) < 4.78 is 15.8. The Morgan fingerprint density at radius 1 is 1.25 bits per heavy atom. The van der Waals surface area contributed by atoms with E-state index in [0.29, 0.717) is 5.56 Å². The second-order valence-electron chi connectivity index (χ2n) is 4.52. The number of benzene rings is 1. The quantitative estimate of drug-likeness (QED) is 0.792. The first-order chi connectivity index (χ1) is 9.81. The third kappa shape index (κ3) is 2.16. The molecule has 20 heavy (non-hydrogen) atoms. The number of nitrogens with zero attached hydrogens (tertiary/aromatic N) is 3. The van der Waals surface area contributed by atoms with Gasteiger partial charge < -0.3 is 5.32 Å². The summed E-state index contributed by atoms with van der Waals surface area (Å²) in [5.41, 5.74) is 2.42. The highest BCUT2D eigenvalue weighted by molar-refractivity contribution is 5.55. The fraction of sp³-hybridized carbons (Fsp3) is 0.200. The molecule has 0 aliphatic carbocycles. The molecular formula is C15H15FN4. The Morgan fingerprint density at radius 3 is 2.90 bits per heavy atom. The molecule has 0 saturated heterocycles. The predicted molar refractivity (Wildman–Crippen MR) is 74.9 cm³/mol. The van der Waals surface area contributed by atoms with E-state index in [1.54, 1.807) is 41.4 Å². The van der Waals surface area contributed by atoms with E-state index in [9.17, 15) is 4.39 Å². The Bertz CT molecular complexity index is 722. The summed E-state index contributed by atoms with van der Waals surface area (Å²) >= 11 is 0. The molecule has 0 bridgehead atoms. The van der Waals surface area contributed by atoms with Crippen LogP contribution in [0.2, 0.25) is 0 Å². The van der Waals surface area contributed by atoms with Crippen LogP contribution in [0.25, 0.3) is 5.52 Å². The predicted octanol–water partition coefficient (Wildman–Crippen LogP) is 2.57. The fourth-order valence-electron chi connectivity index (χ4n) is 2.38. The van der Waals surface area contributed by atoms with Crippen molar-refractivity contribution >= 4 is 5.52 Å². The third-order valence-corrected chi connectivity index (χ3v) is 3.29. The zero-order valence-corrected chi connectivity index (χ0v) is 11.1. The third-order valence-electron chi connectivity index (χ3n) is 3.29. The average Bonchev–Trinajstić information content (AvgIpc) is 2.90. The molecule has 0 radical (unpaired) electrons. The highest BCUT2D eigenvalue weighted by Gasteiger charge is 2.20. The maximum absolute atomic E-state index is 14.1. The summed E-state index contributed by atoms with van der Waals surface area (Å²) in [6.07, 6.45) is 6.96. The highest BCUT2D eigenvalue weighted by atomic mass is 19.1. The molecule has 102 valence electrons. The molecule has 0 amide bonds. The standard InChI is InChI=1S/C15H15FN4/c1-2-18-15(11-5-3-4-6-13(11)16)12-9-19-20-8-7-17-10-14(12)20/h3-10,15,18H,2H2,1H3. The number of halogens is 1. The van der Waals surface area contributed by atoms with Crippen LogP contribution in [0, 0.1) is 5.82 Å². The number of aromatic nitrogens is 3. The zero-order chi connectivity index (χ0) is 13.9. The molecule has 0 aliphatic rings. The van der Waals surface area contributed by atoms with Crippen LogP contribution in [0.1, 0.15) is 24.1 Å². The smallest absolute Gasteiger partial charge is 0.128 e. The average molecular weight is 270 g/mol. The van der Waals surface area contributed by atoms with Gasteiger partial charge in [-0.15, -0.1) is 0 Å². The van der Waals surface area contributed by atoms with Gasteiger partial charge in [0.15, 0.2) is 0 Å². The molecule has 1 unspecified atom stereocenters. The number of hydrogen-bond donors (Lipinski definition) is 1. The van der Waals surface area contributed by atoms with Crippen molar-refractivity contribution in [1.29, 1.82) is 0 Å². The van der Waals surface area contributed by atoms with Crippen LogP contribution in [0.3, 0.4) is 0 Å². The van der Waals surface area contributed by atoms with Gasteiger partial charge in [-0.2, -0.15) is 5.10 Å². The van der Waals surface area contributed by atoms with Crippen molar-refractivity contribution in [1.82, 2.24) is 19.9 Å². The van der Waals surface area contributed by atoms with Gasteiger partial charge in [-0.05, 0) is 12.6 Å². The van der Waals surface area contributed by atoms with Gasteiger partial charge in [0.1, 0.15) is 5.82 Å². The van der Waals surface area contributed by atoms with Gasteiger partial charge >= 0.3 is 0 Å². The Labute approximate surface area is 116 Å². The Morgan fingerprint density at radius 2 is 2.10 bits per heavy atom. The zero-order valence-electron chi connectivity index (χ0n) is 11.1. The molecule has 0 aliphatic heterocycles. The molecule has 2 aromatic heterocycles. The molecule has 5 heteroatoms. The molecule has 1 atom stereocenters. The van der Waals surface area contributed by atoms with Crippen molar-refractivity contribution in [3.05, 3.63) is 66.0 Å². The van der Waals surface area contributed by atoms with E-state index < -0.39 is 0 Å². The van der Waals surface area contributed by atoms with E-state index in [2.05, 4.69) is 15.4 Å². The molecule has 0 saturated carbocycles. The summed E-state index contributed by atoms with van der Waals surface area (Å²) in [6.45, 7) is 2.73. The first-order valence-electron chi connectivity index (χ1n) is 6.56. The lowest BCUT2D eigenvalue weighted by atomic mass is 9.99. The van der Waals surface area contributed by atoms with E-state index in [0.717, 1.165) is 17.6 Å². The number of nitrogens with one attached hydrogen (secondary N) is 1. The summed E-state index contributed by atoms with van der Waals surface area (Å²) in [6, 6.07) is 6.57. The van der Waals surface area contributed by atoms with Crippen molar-refractivity contribution < 1.29 is 4.39 Å². The van der Waals surface area contributed by atoms with Gasteiger partial charge in [0, 0.05) is 23.5 Å². The highest BCUT2D eigenvalue weighted by Crippen LogP contribution is 2.27. The van der Waals surface area contributed by atoms with Crippen LogP contribution in [0.4, 0.5) is 4.39 Å². The van der Waals surface area contributed by atoms with Crippen molar-refractivity contribution in [2.24, 2.45) is 0 Å². The van der Waals surface area contributed by atoms with Crippen LogP contribution in [-0.4, -0.2) is 21.1 Å². The lowest BCUT2D eigenvalue weighted by molar-refractivity contribution is 0.560. The van der Waals surface area contributed by atoms with Crippen LogP contribution in [0.15, 0.2) is 49.1 Å². The molecule has 1 N–H and O–H groups in total. The first kappa shape index (κ1) is 12.7. The second kappa shape index (κ2) is 5.38. The van der Waals surface area contributed by atoms with Gasteiger partial charge in [0.2, 0.25) is 0 Å². The fourth-order valence-corrected chi connectivity index (χ4v) is 2.38. The van der Waals surface area contributed by atoms with E-state index >= 15 is 0 Å². The second-order valence-corrected chi connectivity index (χ2v) is 4.52.